The number of hydrogen-bond donors (Lipinski definition) is 3. The van der Waals surface area contributed by atoms with Crippen molar-refractivity contribution in [2.24, 2.45) is 16.5 Å². The van der Waals surface area contributed by atoms with Crippen LogP contribution in [0.1, 0.15) is 42.9 Å². The molecule has 1 aliphatic rings. The van der Waals surface area contributed by atoms with Gasteiger partial charge in [0.2, 0.25) is 5.82 Å². The molecule has 0 saturated heterocycles. The summed E-state index contributed by atoms with van der Waals surface area (Å²) in [4.78, 5) is 44.3. The number of aromatic nitrogens is 2. The summed E-state index contributed by atoms with van der Waals surface area (Å²) in [6.45, 7) is 13.9. The van der Waals surface area contributed by atoms with Gasteiger partial charge in [0.1, 0.15) is 5.84 Å². The lowest BCUT2D eigenvalue weighted by atomic mass is 10.0. The van der Waals surface area contributed by atoms with Crippen LogP contribution in [0.4, 0.5) is 5.69 Å². The molecule has 0 fully saturated rings. The Balaban J connectivity index is 1.14. The number of nitrogens with one attached hydrogen (secondary N) is 1. The third-order valence-electron chi connectivity index (χ3n) is 8.17. The summed E-state index contributed by atoms with van der Waals surface area (Å²) < 4.78 is 49.0. The first-order valence-electron chi connectivity index (χ1n) is 20.6. The van der Waals surface area contributed by atoms with E-state index in [0.29, 0.717) is 161 Å². The molecule has 0 bridgehead atoms. The summed E-state index contributed by atoms with van der Waals surface area (Å²) in [5, 5.41) is 4.13. The zero-order chi connectivity index (χ0) is 42.9. The van der Waals surface area contributed by atoms with Crippen molar-refractivity contribution >= 4 is 29.4 Å². The van der Waals surface area contributed by atoms with Crippen molar-refractivity contribution in [1.82, 2.24) is 20.3 Å². The lowest BCUT2D eigenvalue weighted by molar-refractivity contribution is -0.180. The highest BCUT2D eigenvalue weighted by Crippen LogP contribution is 2.31. The highest BCUT2D eigenvalue weighted by atomic mass is 16.7. The van der Waals surface area contributed by atoms with Gasteiger partial charge in [0.05, 0.1) is 131 Å². The first-order valence-corrected chi connectivity index (χ1v) is 20.6. The molecule has 1 aromatic carbocycles. The lowest BCUT2D eigenvalue weighted by Crippen LogP contribution is -2.34. The van der Waals surface area contributed by atoms with Crippen LogP contribution in [-0.2, 0) is 52.3 Å². The maximum absolute atomic E-state index is 13.2. The number of hydroxylamine groups is 2. The largest absolute Gasteiger partial charge is 0.387 e. The zero-order valence-corrected chi connectivity index (χ0v) is 35.3. The normalized spacial score (nSPS) is 12.4. The molecule has 19 nitrogen and oxygen atoms in total. The molecule has 2 amide bonds. The number of fused-ring (bicyclic) bond motifs is 1. The lowest BCUT2D eigenvalue weighted by Gasteiger charge is -2.21. The Morgan fingerprint density at radius 2 is 1.17 bits per heavy atom. The second-order valence-electron chi connectivity index (χ2n) is 12.9. The van der Waals surface area contributed by atoms with Crippen LogP contribution in [-0.4, -0.2) is 178 Å². The number of benzene rings is 1. The minimum absolute atomic E-state index is 0.0362. The van der Waals surface area contributed by atoms with Crippen molar-refractivity contribution in [1.29, 1.82) is 0 Å². The third kappa shape index (κ3) is 21.5. The molecule has 0 radical (unpaired) electrons. The Morgan fingerprint density at radius 3 is 1.63 bits per heavy atom. The number of ether oxygens (including phenoxy) is 9. The van der Waals surface area contributed by atoms with Gasteiger partial charge in [-0.15, -0.1) is 0 Å². The fourth-order valence-corrected chi connectivity index (χ4v) is 5.31. The topological polar surface area (TPSA) is 232 Å². The molecule has 0 spiro atoms. The molecule has 2 heterocycles. The number of nitrogens with zero attached hydrogens (tertiary/aromatic N) is 4. The number of amidine groups is 1. The van der Waals surface area contributed by atoms with Crippen LogP contribution in [0, 0.1) is 0 Å². The van der Waals surface area contributed by atoms with Crippen molar-refractivity contribution in [3.05, 3.63) is 47.6 Å². The number of aliphatic imine (C=N–C) groups is 1. The molecule has 60 heavy (non-hydrogen) atoms. The van der Waals surface area contributed by atoms with E-state index < -0.39 is 5.91 Å². The number of hydrogen-bond acceptors (Lipinski definition) is 17. The van der Waals surface area contributed by atoms with Crippen LogP contribution in [0.25, 0.3) is 17.2 Å². The molecule has 2 aromatic rings. The van der Waals surface area contributed by atoms with Crippen LogP contribution in [0.5, 0.6) is 0 Å². The van der Waals surface area contributed by atoms with Gasteiger partial charge in [-0.05, 0) is 31.1 Å². The monoisotopic (exact) mass is 847 g/mol. The molecule has 1 aliphatic heterocycles. The SMILES string of the molecule is CCCN(OCC)C(=O)C1=Cc2ccc(-c3cnc(C(=O)NCCOCCOCCOCCOCCOCCOCCOCCOCCOCCN)nc3)cc2N=C(N)C1. The van der Waals surface area contributed by atoms with Crippen molar-refractivity contribution in [2.75, 3.05) is 145 Å². The Bertz CT molecular complexity index is 1530. The molecule has 0 saturated carbocycles. The van der Waals surface area contributed by atoms with E-state index in [9.17, 15) is 9.59 Å². The molecular weight excluding hydrogens is 782 g/mol. The summed E-state index contributed by atoms with van der Waals surface area (Å²) >= 11 is 0. The van der Waals surface area contributed by atoms with E-state index in [0.717, 1.165) is 17.5 Å². The van der Waals surface area contributed by atoms with Gasteiger partial charge in [-0.1, -0.05) is 19.1 Å². The van der Waals surface area contributed by atoms with Crippen LogP contribution >= 0.6 is 0 Å². The molecule has 336 valence electrons. The summed E-state index contributed by atoms with van der Waals surface area (Å²) in [6, 6.07) is 5.60. The summed E-state index contributed by atoms with van der Waals surface area (Å²) in [5.74, 6) is -0.292. The fraction of sp³-hybridized carbons (Fsp3) is 0.634. The minimum Gasteiger partial charge on any atom is -0.387 e. The van der Waals surface area contributed by atoms with E-state index in [1.807, 2.05) is 32.0 Å². The molecule has 1 aromatic heterocycles. The number of amides is 2. The van der Waals surface area contributed by atoms with Crippen molar-refractivity contribution in [3.63, 3.8) is 0 Å². The predicted octanol–water partition coefficient (Wildman–Crippen LogP) is 1.95. The van der Waals surface area contributed by atoms with Crippen molar-refractivity contribution in [3.8, 4) is 11.1 Å². The maximum Gasteiger partial charge on any atom is 0.289 e. The molecular formula is C41H65N7O12. The Kier molecular flexibility index (Phi) is 27.5. The van der Waals surface area contributed by atoms with E-state index >= 15 is 0 Å². The van der Waals surface area contributed by atoms with Crippen molar-refractivity contribution < 1.29 is 57.1 Å². The van der Waals surface area contributed by atoms with Crippen LogP contribution in [0.15, 0.2) is 41.2 Å². The third-order valence-corrected chi connectivity index (χ3v) is 8.17. The highest BCUT2D eigenvalue weighted by Gasteiger charge is 2.22. The minimum atomic E-state index is -0.413. The van der Waals surface area contributed by atoms with Gasteiger partial charge in [0.25, 0.3) is 11.8 Å². The maximum atomic E-state index is 13.2. The van der Waals surface area contributed by atoms with E-state index in [4.69, 9.17) is 58.9 Å². The Labute approximate surface area is 353 Å². The molecule has 0 unspecified atom stereocenters. The van der Waals surface area contributed by atoms with Crippen molar-refractivity contribution in [2.45, 2.75) is 26.7 Å². The summed E-state index contributed by atoms with van der Waals surface area (Å²) in [6.07, 6.45) is 5.91. The van der Waals surface area contributed by atoms with Crippen LogP contribution in [0.3, 0.4) is 0 Å². The zero-order valence-electron chi connectivity index (χ0n) is 35.3. The van der Waals surface area contributed by atoms with Gasteiger partial charge in [-0.2, -0.15) is 0 Å². The molecule has 0 aliphatic carbocycles. The van der Waals surface area contributed by atoms with E-state index in [2.05, 4.69) is 20.3 Å². The van der Waals surface area contributed by atoms with Gasteiger partial charge < -0.3 is 59.4 Å². The summed E-state index contributed by atoms with van der Waals surface area (Å²) in [7, 11) is 0. The van der Waals surface area contributed by atoms with Gasteiger partial charge in [-0.25, -0.2) is 20.0 Å². The standard InChI is InChI=1S/C41H65N7O12/c1-3-9-48(60-4-2)41(50)35-28-34-6-5-33(29-37(34)47-38(43)30-35)36-31-45-39(46-32-36)40(49)44-8-11-52-13-15-54-17-19-56-21-23-58-25-27-59-26-24-57-22-20-55-18-16-53-14-12-51-10-7-42/h5-6,28-29,31-32H,3-4,7-27,30,42H2,1-2H3,(H2,43,47)(H,44,49). The highest BCUT2D eigenvalue weighted by molar-refractivity contribution is 6.05. The van der Waals surface area contributed by atoms with Crippen LogP contribution in [0.2, 0.25) is 0 Å². The van der Waals surface area contributed by atoms with Crippen LogP contribution < -0.4 is 16.8 Å². The molecule has 0 atom stereocenters. The van der Waals surface area contributed by atoms with E-state index in [1.165, 1.54) is 5.06 Å². The average Bonchev–Trinajstić information content (AvgIpc) is 3.43. The second kappa shape index (κ2) is 32.7. The Morgan fingerprint density at radius 1 is 0.683 bits per heavy atom. The number of carbonyl (C=O) groups excluding carboxylic acids is 2. The first kappa shape index (κ1) is 50.4. The fourth-order valence-electron chi connectivity index (χ4n) is 5.31. The second-order valence-corrected chi connectivity index (χ2v) is 12.9. The summed E-state index contributed by atoms with van der Waals surface area (Å²) in [5.41, 5.74) is 14.9. The average molecular weight is 848 g/mol. The van der Waals surface area contributed by atoms with E-state index in [-0.39, 0.29) is 24.7 Å². The Hall–Kier alpha value is -3.99. The molecule has 19 heteroatoms. The first-order chi connectivity index (χ1) is 29.5. The molecule has 5 N–H and O–H groups in total. The number of carbonyl (C=O) groups is 2. The smallest absolute Gasteiger partial charge is 0.289 e. The van der Waals surface area contributed by atoms with Gasteiger partial charge in [-0.3, -0.25) is 14.4 Å². The number of rotatable bonds is 36. The predicted molar refractivity (Wildman–Crippen MR) is 224 cm³/mol. The van der Waals surface area contributed by atoms with Gasteiger partial charge in [0, 0.05) is 55.1 Å². The molecule has 3 rings (SSSR count). The van der Waals surface area contributed by atoms with Gasteiger partial charge in [0.15, 0.2) is 0 Å². The van der Waals surface area contributed by atoms with Gasteiger partial charge >= 0.3 is 0 Å². The number of nitrogens with two attached hydrogens (primary N) is 2. The van der Waals surface area contributed by atoms with E-state index in [1.54, 1.807) is 18.5 Å². The quantitative estimate of drug-likeness (QED) is 0.0657.